The van der Waals surface area contributed by atoms with Crippen molar-refractivity contribution in [3.8, 4) is 0 Å². The average molecular weight is 273 g/mol. The van der Waals surface area contributed by atoms with Crippen molar-refractivity contribution in [2.45, 2.75) is 33.3 Å². The molecule has 1 unspecified atom stereocenters. The van der Waals surface area contributed by atoms with Crippen LogP contribution in [0.4, 0.5) is 0 Å². The molecule has 0 aliphatic carbocycles. The van der Waals surface area contributed by atoms with E-state index in [1.165, 1.54) is 0 Å². The first kappa shape index (κ1) is 16.2. The van der Waals surface area contributed by atoms with Gasteiger partial charge < -0.3 is 9.47 Å². The van der Waals surface area contributed by atoms with Gasteiger partial charge >= 0.3 is 0 Å². The molecule has 0 saturated heterocycles. The summed E-state index contributed by atoms with van der Waals surface area (Å²) in [7, 11) is 1.75. The van der Waals surface area contributed by atoms with Crippen molar-refractivity contribution >= 4 is 19.7 Å². The van der Waals surface area contributed by atoms with Crippen LogP contribution in [0.1, 0.15) is 27.2 Å². The highest BCUT2D eigenvalue weighted by molar-refractivity contribution is 8.13. The molecule has 0 amide bonds. The number of halogens is 1. The molecule has 0 bridgehead atoms. The molecular weight excluding hydrogens is 252 g/mol. The number of hydrogen-bond donors (Lipinski definition) is 0. The van der Waals surface area contributed by atoms with E-state index in [9.17, 15) is 8.42 Å². The molecule has 0 radical (unpaired) electrons. The maximum atomic E-state index is 10.9. The van der Waals surface area contributed by atoms with Gasteiger partial charge in [-0.2, -0.15) is 0 Å². The van der Waals surface area contributed by atoms with Gasteiger partial charge in [-0.1, -0.05) is 13.3 Å². The Morgan fingerprint density at radius 2 is 1.88 bits per heavy atom. The summed E-state index contributed by atoms with van der Waals surface area (Å²) in [4.78, 5) is 0. The van der Waals surface area contributed by atoms with E-state index >= 15 is 0 Å². The summed E-state index contributed by atoms with van der Waals surface area (Å²) >= 11 is 0. The summed E-state index contributed by atoms with van der Waals surface area (Å²) in [5.74, 6) is -0.0719. The molecule has 0 spiro atoms. The fourth-order valence-electron chi connectivity index (χ4n) is 1.16. The molecule has 0 N–H and O–H groups in total. The minimum Gasteiger partial charge on any atom is -0.379 e. The van der Waals surface area contributed by atoms with Crippen molar-refractivity contribution in [2.24, 2.45) is 5.92 Å². The molecule has 4 nitrogen and oxygen atoms in total. The molecule has 0 fully saturated rings. The molecule has 0 aromatic rings. The van der Waals surface area contributed by atoms with Crippen molar-refractivity contribution < 1.29 is 17.9 Å². The van der Waals surface area contributed by atoms with E-state index in [0.29, 0.717) is 19.8 Å². The first-order chi connectivity index (χ1) is 7.35. The number of rotatable bonds is 9. The van der Waals surface area contributed by atoms with Gasteiger partial charge in [0.05, 0.1) is 31.7 Å². The van der Waals surface area contributed by atoms with E-state index in [0.717, 1.165) is 6.42 Å². The van der Waals surface area contributed by atoms with E-state index < -0.39 is 9.05 Å². The number of ether oxygens (including phenoxy) is 2. The van der Waals surface area contributed by atoms with Crippen molar-refractivity contribution in [3.05, 3.63) is 0 Å². The van der Waals surface area contributed by atoms with Crippen LogP contribution >= 0.6 is 10.7 Å². The third kappa shape index (κ3) is 10.7. The second-order valence-corrected chi connectivity index (χ2v) is 6.80. The lowest BCUT2D eigenvalue weighted by molar-refractivity contribution is 0.0114. The third-order valence-electron chi connectivity index (χ3n) is 2.04. The highest BCUT2D eigenvalue weighted by Crippen LogP contribution is 2.10. The van der Waals surface area contributed by atoms with Gasteiger partial charge in [0.1, 0.15) is 0 Å². The minimum absolute atomic E-state index is 0.0317. The van der Waals surface area contributed by atoms with Crippen LogP contribution in [-0.2, 0) is 18.5 Å². The van der Waals surface area contributed by atoms with Gasteiger partial charge in [-0.25, -0.2) is 8.42 Å². The Morgan fingerprint density at radius 1 is 1.25 bits per heavy atom. The lowest BCUT2D eigenvalue weighted by Gasteiger charge is -2.13. The highest BCUT2D eigenvalue weighted by Gasteiger charge is 2.15. The van der Waals surface area contributed by atoms with Gasteiger partial charge in [-0.05, 0) is 19.8 Å². The molecular formula is C10H21ClO4S. The van der Waals surface area contributed by atoms with Crippen LogP contribution in [0, 0.1) is 5.92 Å². The van der Waals surface area contributed by atoms with Crippen LogP contribution in [0.5, 0.6) is 0 Å². The smallest absolute Gasteiger partial charge is 0.232 e. The Morgan fingerprint density at radius 3 is 2.31 bits per heavy atom. The Hall–Kier alpha value is 0.160. The van der Waals surface area contributed by atoms with Crippen molar-refractivity contribution in [2.75, 3.05) is 25.6 Å². The molecule has 16 heavy (non-hydrogen) atoms. The standard InChI is InChI=1S/C10H21ClO4S/c1-4-10(8-16(11,12)13)7-14-5-6-15-9(2)3/h9-10H,4-8H2,1-3H3. The fraction of sp³-hybridized carbons (Fsp3) is 1.00. The lowest BCUT2D eigenvalue weighted by Crippen LogP contribution is -2.19. The quantitative estimate of drug-likeness (QED) is 0.476. The summed E-state index contributed by atoms with van der Waals surface area (Å²) in [6.45, 7) is 7.24. The monoisotopic (exact) mass is 272 g/mol. The van der Waals surface area contributed by atoms with Crippen molar-refractivity contribution in [3.63, 3.8) is 0 Å². The second kappa shape index (κ2) is 8.28. The van der Waals surface area contributed by atoms with E-state index in [-0.39, 0.29) is 17.8 Å². The molecule has 98 valence electrons. The summed E-state index contributed by atoms with van der Waals surface area (Å²) < 4.78 is 32.4. The predicted molar refractivity (Wildman–Crippen MR) is 65.3 cm³/mol. The maximum Gasteiger partial charge on any atom is 0.232 e. The Bertz CT molecular complexity index is 264. The topological polar surface area (TPSA) is 52.6 Å². The van der Waals surface area contributed by atoms with Crippen LogP contribution < -0.4 is 0 Å². The van der Waals surface area contributed by atoms with Gasteiger partial charge in [0.2, 0.25) is 9.05 Å². The molecule has 6 heteroatoms. The van der Waals surface area contributed by atoms with E-state index in [4.69, 9.17) is 20.2 Å². The van der Waals surface area contributed by atoms with Crippen LogP contribution in [0.25, 0.3) is 0 Å². The van der Waals surface area contributed by atoms with E-state index in [1.807, 2.05) is 20.8 Å². The average Bonchev–Trinajstić information content (AvgIpc) is 2.13. The Labute approximate surface area is 103 Å². The molecule has 0 saturated carbocycles. The van der Waals surface area contributed by atoms with Crippen LogP contribution in [0.2, 0.25) is 0 Å². The zero-order valence-corrected chi connectivity index (χ0v) is 11.7. The van der Waals surface area contributed by atoms with Crippen LogP contribution in [-0.4, -0.2) is 40.1 Å². The van der Waals surface area contributed by atoms with Gasteiger partial charge in [-0.3, -0.25) is 0 Å². The predicted octanol–water partition coefficient (Wildman–Crippen LogP) is 2.02. The van der Waals surface area contributed by atoms with Gasteiger partial charge in [0.25, 0.3) is 0 Å². The lowest BCUT2D eigenvalue weighted by atomic mass is 10.1. The molecule has 0 heterocycles. The van der Waals surface area contributed by atoms with Crippen LogP contribution in [0.3, 0.4) is 0 Å². The highest BCUT2D eigenvalue weighted by atomic mass is 35.7. The Balaban J connectivity index is 3.64. The molecule has 0 rings (SSSR count). The summed E-state index contributed by atoms with van der Waals surface area (Å²) in [6, 6.07) is 0. The van der Waals surface area contributed by atoms with Crippen LogP contribution in [0.15, 0.2) is 0 Å². The van der Waals surface area contributed by atoms with Crippen molar-refractivity contribution in [1.29, 1.82) is 0 Å². The van der Waals surface area contributed by atoms with Gasteiger partial charge in [-0.15, -0.1) is 0 Å². The van der Waals surface area contributed by atoms with Crippen molar-refractivity contribution in [1.82, 2.24) is 0 Å². The summed E-state index contributed by atoms with van der Waals surface area (Å²) in [5.41, 5.74) is 0. The summed E-state index contributed by atoms with van der Waals surface area (Å²) in [6.07, 6.45) is 0.922. The van der Waals surface area contributed by atoms with Gasteiger partial charge in [0.15, 0.2) is 0 Å². The zero-order valence-electron chi connectivity index (χ0n) is 10.1. The second-order valence-electron chi connectivity index (χ2n) is 3.97. The van der Waals surface area contributed by atoms with E-state index in [2.05, 4.69) is 0 Å². The third-order valence-corrected chi connectivity index (χ3v) is 3.29. The van der Waals surface area contributed by atoms with Gasteiger partial charge in [0, 0.05) is 10.7 Å². The zero-order chi connectivity index (χ0) is 12.6. The molecule has 1 atom stereocenters. The molecule has 0 aliphatic rings. The molecule has 0 aromatic heterocycles. The maximum absolute atomic E-state index is 10.9. The molecule has 0 aromatic carbocycles. The minimum atomic E-state index is -3.43. The largest absolute Gasteiger partial charge is 0.379 e. The normalized spacial score (nSPS) is 14.3. The first-order valence-electron chi connectivity index (χ1n) is 5.46. The molecule has 0 aliphatic heterocycles. The fourth-order valence-corrected chi connectivity index (χ4v) is 2.59. The first-order valence-corrected chi connectivity index (χ1v) is 7.94. The number of hydrogen-bond acceptors (Lipinski definition) is 4. The Kier molecular flexibility index (Phi) is 8.36. The van der Waals surface area contributed by atoms with E-state index in [1.54, 1.807) is 0 Å². The SMILES string of the molecule is CCC(COCCOC(C)C)CS(=O)(=O)Cl. The summed E-state index contributed by atoms with van der Waals surface area (Å²) in [5, 5.41) is 0.